The molecule has 0 saturated heterocycles. The Morgan fingerprint density at radius 3 is 2.16 bits per heavy atom. The molecule has 2 aromatic carbocycles. The van der Waals surface area contributed by atoms with Crippen LogP contribution in [-0.4, -0.2) is 78.2 Å². The molecule has 2 rings (SSSR count). The summed E-state index contributed by atoms with van der Waals surface area (Å²) in [5.41, 5.74) is -0.0581. The van der Waals surface area contributed by atoms with Crippen molar-refractivity contribution < 1.29 is 47.5 Å². The molecule has 0 aromatic heterocycles. The number of aliphatic carboxylic acids is 1. The van der Waals surface area contributed by atoms with Crippen LogP contribution >= 0.6 is 0 Å². The van der Waals surface area contributed by atoms with Crippen LogP contribution in [0.2, 0.25) is 0 Å². The lowest BCUT2D eigenvalue weighted by Crippen LogP contribution is -2.76. The van der Waals surface area contributed by atoms with E-state index in [2.05, 4.69) is 10.6 Å². The van der Waals surface area contributed by atoms with Crippen LogP contribution in [0.5, 0.6) is 0 Å². The molecule has 0 aliphatic heterocycles. The Morgan fingerprint density at radius 1 is 1.02 bits per heavy atom. The van der Waals surface area contributed by atoms with Crippen LogP contribution in [0.25, 0.3) is 0 Å². The normalized spacial score (nSPS) is 13.2. The van der Waals surface area contributed by atoms with Crippen molar-refractivity contribution in [2.24, 2.45) is 5.92 Å². The first-order valence-electron chi connectivity index (χ1n) is 13.6. The van der Waals surface area contributed by atoms with Gasteiger partial charge in [-0.25, -0.2) is 0 Å². The van der Waals surface area contributed by atoms with Crippen molar-refractivity contribution in [1.29, 1.82) is 5.41 Å². The number of nitrogens with zero attached hydrogens (tertiary/aromatic N) is 1. The average Bonchev–Trinajstić information content (AvgIpc) is 2.93. The van der Waals surface area contributed by atoms with Crippen molar-refractivity contribution in [2.75, 3.05) is 20.7 Å². The van der Waals surface area contributed by atoms with E-state index in [1.54, 1.807) is 68.4 Å². The minimum absolute atomic E-state index is 0.288. The van der Waals surface area contributed by atoms with Crippen molar-refractivity contribution in [3.05, 3.63) is 77.7 Å². The summed E-state index contributed by atoms with van der Waals surface area (Å²) in [5, 5.41) is 22.8. The fourth-order valence-electron chi connectivity index (χ4n) is 3.89. The van der Waals surface area contributed by atoms with Gasteiger partial charge in [0, 0.05) is 12.1 Å². The second kappa shape index (κ2) is 16.3. The molecule has 14 heteroatoms. The van der Waals surface area contributed by atoms with Gasteiger partial charge in [0.05, 0.1) is 12.5 Å². The Bertz CT molecular complexity index is 1350. The minimum atomic E-state index is -4.98. The second-order valence-electron chi connectivity index (χ2n) is 10.6. The highest BCUT2D eigenvalue weighted by molar-refractivity contribution is 5.99. The molecule has 0 bridgehead atoms. The monoisotopic (exact) mass is 620 g/mol. The number of carboxylic acids is 1. The molecule has 238 valence electrons. The summed E-state index contributed by atoms with van der Waals surface area (Å²) in [6.07, 6.45) is -5.43. The topological polar surface area (TPSA) is 166 Å². The molecule has 2 atom stereocenters. The summed E-state index contributed by atoms with van der Waals surface area (Å²) in [6.45, 7) is 3.05. The van der Waals surface area contributed by atoms with Gasteiger partial charge < -0.3 is 25.4 Å². The molecule has 0 fully saturated rings. The third-order valence-corrected chi connectivity index (χ3v) is 6.12. The molecular formula is C30H37F3N5O6+. The molecule has 0 heterocycles. The molecular weight excluding hydrogens is 583 g/mol. The number of quaternary nitrogens is 1. The largest absolute Gasteiger partial charge is 0.481 e. The van der Waals surface area contributed by atoms with Crippen LogP contribution in [0.1, 0.15) is 36.2 Å². The number of Topliss-reactive ketones (excluding diaryl/α,β-unsaturated/α-hetero) is 1. The number of benzene rings is 2. The minimum Gasteiger partial charge on any atom is -0.481 e. The van der Waals surface area contributed by atoms with Crippen LogP contribution in [-0.2, 0) is 25.7 Å². The van der Waals surface area contributed by atoms with Crippen molar-refractivity contribution in [1.82, 2.24) is 15.5 Å². The molecule has 11 nitrogen and oxygen atoms in total. The Kier molecular flexibility index (Phi) is 13.2. The number of ether oxygens (including phenoxy) is 1. The number of rotatable bonds is 16. The molecule has 44 heavy (non-hydrogen) atoms. The number of carbonyl (C=O) groups is 4. The SMILES string of the molecule is CC(C)[C@H](NC(=O)c1ccc(CN(C)C)cc1)C(=O)N[C@@H](CC(=O)O)C(=O)CO/C(=C/C(=N)C(F)(F)F)[NH2+]c1ccccc1. The summed E-state index contributed by atoms with van der Waals surface area (Å²) in [6, 6.07) is 12.0. The molecule has 0 aliphatic rings. The molecule has 0 radical (unpaired) electrons. The summed E-state index contributed by atoms with van der Waals surface area (Å²) >= 11 is 0. The first-order valence-corrected chi connectivity index (χ1v) is 13.6. The number of hydrogen-bond donors (Lipinski definition) is 5. The summed E-state index contributed by atoms with van der Waals surface area (Å²) in [4.78, 5) is 52.5. The lowest BCUT2D eigenvalue weighted by Gasteiger charge is -2.24. The number of hydrogen-bond acceptors (Lipinski definition) is 7. The first kappa shape index (κ1) is 35.6. The van der Waals surface area contributed by atoms with E-state index >= 15 is 0 Å². The molecule has 0 spiro atoms. The number of nitrogens with one attached hydrogen (secondary N) is 3. The van der Waals surface area contributed by atoms with Gasteiger partial charge >= 0.3 is 12.1 Å². The van der Waals surface area contributed by atoms with E-state index in [0.717, 1.165) is 5.56 Å². The van der Waals surface area contributed by atoms with Crippen molar-refractivity contribution >= 4 is 35.0 Å². The fraction of sp³-hybridized carbons (Fsp3) is 0.367. The number of para-hydroxylation sites is 1. The summed E-state index contributed by atoms with van der Waals surface area (Å²) in [7, 11) is 3.80. The maximum Gasteiger partial charge on any atom is 0.433 e. The molecule has 0 unspecified atom stereocenters. The van der Waals surface area contributed by atoms with Gasteiger partial charge in [0.1, 0.15) is 23.5 Å². The van der Waals surface area contributed by atoms with E-state index in [9.17, 15) is 37.5 Å². The van der Waals surface area contributed by atoms with Gasteiger partial charge in [-0.2, -0.15) is 13.2 Å². The van der Waals surface area contributed by atoms with Crippen LogP contribution in [0.4, 0.5) is 18.9 Å². The summed E-state index contributed by atoms with van der Waals surface area (Å²) in [5.74, 6) is -4.71. The lowest BCUT2D eigenvalue weighted by molar-refractivity contribution is -0.550. The van der Waals surface area contributed by atoms with Crippen molar-refractivity contribution in [3.8, 4) is 0 Å². The Labute approximate surface area is 253 Å². The number of halogens is 3. The van der Waals surface area contributed by atoms with E-state index in [1.165, 1.54) is 5.32 Å². The van der Waals surface area contributed by atoms with Crippen LogP contribution in [0.3, 0.4) is 0 Å². The number of ketones is 1. The van der Waals surface area contributed by atoms with Crippen molar-refractivity contribution in [2.45, 2.75) is 45.1 Å². The third-order valence-electron chi connectivity index (χ3n) is 6.12. The standard InChI is InChI=1S/C30H36F3N5O6/c1-18(2)27(37-28(42)20-12-10-19(11-13-20)16-38(3)4)29(43)36-22(14-26(40)41)23(39)17-44-25(15-24(34)30(31,32)33)35-21-8-6-5-7-9-21/h5-13,15,18,22,27,34-35H,14,16-17H2,1-4H3,(H,36,43)(H,37,42)(H,40,41)/p+1/b25-15+,34-24?/t22-,27-/m0/s1. The zero-order valence-electron chi connectivity index (χ0n) is 24.8. The number of carboxylic acid groups (broad SMARTS) is 1. The lowest BCUT2D eigenvalue weighted by atomic mass is 10.0. The number of carbonyl (C=O) groups excluding carboxylic acids is 3. The van der Waals surface area contributed by atoms with E-state index in [4.69, 9.17) is 10.1 Å². The third kappa shape index (κ3) is 12.0. The Balaban J connectivity index is 2.17. The van der Waals surface area contributed by atoms with Crippen molar-refractivity contribution in [3.63, 3.8) is 0 Å². The predicted octanol–water partition coefficient (Wildman–Crippen LogP) is 2.37. The van der Waals surface area contributed by atoms with Gasteiger partial charge in [0.25, 0.3) is 11.8 Å². The highest BCUT2D eigenvalue weighted by atomic mass is 19.4. The second-order valence-corrected chi connectivity index (χ2v) is 10.6. The molecule has 2 amide bonds. The highest BCUT2D eigenvalue weighted by Crippen LogP contribution is 2.17. The van der Waals surface area contributed by atoms with Gasteiger partial charge in [-0.15, -0.1) is 0 Å². The van der Waals surface area contributed by atoms with E-state index in [1.807, 2.05) is 19.0 Å². The van der Waals surface area contributed by atoms with Gasteiger partial charge in [-0.1, -0.05) is 44.2 Å². The van der Waals surface area contributed by atoms with Crippen LogP contribution in [0.15, 0.2) is 66.6 Å². The number of nitrogens with two attached hydrogens (primary N) is 1. The van der Waals surface area contributed by atoms with Crippen LogP contribution in [0, 0.1) is 11.3 Å². The van der Waals surface area contributed by atoms with Gasteiger partial charge in [-0.3, -0.25) is 29.9 Å². The Morgan fingerprint density at radius 2 is 1.64 bits per heavy atom. The predicted molar refractivity (Wildman–Crippen MR) is 155 cm³/mol. The smallest absolute Gasteiger partial charge is 0.433 e. The molecule has 0 saturated carbocycles. The average molecular weight is 621 g/mol. The molecule has 6 N–H and O–H groups in total. The fourth-order valence-corrected chi connectivity index (χ4v) is 3.89. The zero-order valence-corrected chi connectivity index (χ0v) is 24.8. The zero-order chi connectivity index (χ0) is 33.0. The quantitative estimate of drug-likeness (QED) is 0.109. The molecule has 2 aromatic rings. The number of alkyl halides is 3. The first-order chi connectivity index (χ1) is 20.6. The maximum absolute atomic E-state index is 13.2. The van der Waals surface area contributed by atoms with Crippen LogP contribution < -0.4 is 16.0 Å². The maximum atomic E-state index is 13.2. The van der Waals surface area contributed by atoms with Gasteiger partial charge in [0.15, 0.2) is 12.4 Å². The number of amides is 2. The van der Waals surface area contributed by atoms with E-state index in [-0.39, 0.29) is 5.56 Å². The molecule has 0 aliphatic carbocycles. The summed E-state index contributed by atoms with van der Waals surface area (Å²) < 4.78 is 44.3. The Hall–Kier alpha value is -4.56. The van der Waals surface area contributed by atoms with E-state index in [0.29, 0.717) is 18.3 Å². The van der Waals surface area contributed by atoms with Gasteiger partial charge in [0.2, 0.25) is 5.91 Å². The highest BCUT2D eigenvalue weighted by Gasteiger charge is 2.35. The van der Waals surface area contributed by atoms with E-state index < -0.39 is 72.4 Å². The number of allylic oxidation sites excluding steroid dienone is 1. The van der Waals surface area contributed by atoms with Gasteiger partial charge in [-0.05, 0) is 49.8 Å².